The van der Waals surface area contributed by atoms with Crippen LogP contribution in [-0.2, 0) is 6.42 Å². The van der Waals surface area contributed by atoms with E-state index in [-0.39, 0.29) is 5.82 Å². The Hall–Kier alpha value is -0.890. The van der Waals surface area contributed by atoms with Crippen LogP contribution in [0.25, 0.3) is 0 Å². The minimum Gasteiger partial charge on any atom is -0.330 e. The summed E-state index contributed by atoms with van der Waals surface area (Å²) in [4.78, 5) is 0. The second-order valence-electron chi connectivity index (χ2n) is 5.02. The normalized spacial score (nSPS) is 18.1. The standard InChI is InChI=1S/C14H20FN/c15-13-4-2-12(3-5-13)6-9-14(10-11-16)7-1-8-14/h2-5H,1,6-11,16H2. The second kappa shape index (κ2) is 4.96. The van der Waals surface area contributed by atoms with Crippen molar-refractivity contribution >= 4 is 0 Å². The van der Waals surface area contributed by atoms with Crippen molar-refractivity contribution in [2.45, 2.75) is 38.5 Å². The molecular weight excluding hydrogens is 201 g/mol. The van der Waals surface area contributed by atoms with Gasteiger partial charge in [-0.3, -0.25) is 0 Å². The lowest BCUT2D eigenvalue weighted by Crippen LogP contribution is -2.32. The molecule has 2 N–H and O–H groups in total. The molecule has 1 aliphatic rings. The summed E-state index contributed by atoms with van der Waals surface area (Å²) in [5.74, 6) is -0.149. The van der Waals surface area contributed by atoms with Crippen LogP contribution in [0, 0.1) is 11.2 Å². The molecule has 1 aliphatic carbocycles. The zero-order chi connectivity index (χ0) is 11.4. The minimum absolute atomic E-state index is 0.149. The summed E-state index contributed by atoms with van der Waals surface area (Å²) in [6.45, 7) is 0.795. The Morgan fingerprint density at radius 2 is 1.81 bits per heavy atom. The highest BCUT2D eigenvalue weighted by molar-refractivity contribution is 5.16. The summed E-state index contributed by atoms with van der Waals surface area (Å²) in [5.41, 5.74) is 7.41. The third-order valence-electron chi connectivity index (χ3n) is 3.95. The van der Waals surface area contributed by atoms with Gasteiger partial charge in [0, 0.05) is 0 Å². The number of hydrogen-bond acceptors (Lipinski definition) is 1. The molecule has 1 fully saturated rings. The Kier molecular flexibility index (Phi) is 3.59. The van der Waals surface area contributed by atoms with E-state index in [2.05, 4.69) is 0 Å². The lowest BCUT2D eigenvalue weighted by Gasteiger charge is -2.42. The molecule has 0 aliphatic heterocycles. The maximum Gasteiger partial charge on any atom is 0.123 e. The molecule has 0 heterocycles. The van der Waals surface area contributed by atoms with E-state index in [1.54, 1.807) is 12.1 Å². The van der Waals surface area contributed by atoms with E-state index in [0.717, 1.165) is 19.4 Å². The number of benzene rings is 1. The fourth-order valence-electron chi connectivity index (χ4n) is 2.67. The molecule has 0 spiro atoms. The van der Waals surface area contributed by atoms with Gasteiger partial charge in [-0.1, -0.05) is 18.6 Å². The van der Waals surface area contributed by atoms with Crippen molar-refractivity contribution in [2.24, 2.45) is 11.1 Å². The van der Waals surface area contributed by atoms with E-state index in [1.165, 1.54) is 31.2 Å². The van der Waals surface area contributed by atoms with Crippen LogP contribution in [-0.4, -0.2) is 6.54 Å². The average molecular weight is 221 g/mol. The first-order valence-corrected chi connectivity index (χ1v) is 6.19. The van der Waals surface area contributed by atoms with Gasteiger partial charge in [0.25, 0.3) is 0 Å². The maximum absolute atomic E-state index is 12.7. The lowest BCUT2D eigenvalue weighted by atomic mass is 9.64. The number of rotatable bonds is 5. The second-order valence-corrected chi connectivity index (χ2v) is 5.02. The molecule has 0 amide bonds. The molecule has 0 bridgehead atoms. The van der Waals surface area contributed by atoms with Crippen molar-refractivity contribution in [3.63, 3.8) is 0 Å². The number of halogens is 1. The monoisotopic (exact) mass is 221 g/mol. The third-order valence-corrected chi connectivity index (χ3v) is 3.95. The van der Waals surface area contributed by atoms with Gasteiger partial charge in [0.15, 0.2) is 0 Å². The van der Waals surface area contributed by atoms with Crippen LogP contribution in [0.3, 0.4) is 0 Å². The Morgan fingerprint density at radius 3 is 2.31 bits per heavy atom. The van der Waals surface area contributed by atoms with Gasteiger partial charge in [-0.05, 0) is 61.8 Å². The van der Waals surface area contributed by atoms with E-state index in [0.29, 0.717) is 5.41 Å². The van der Waals surface area contributed by atoms with Gasteiger partial charge in [0.05, 0.1) is 0 Å². The predicted octanol–water partition coefficient (Wildman–Crippen LogP) is 3.28. The highest BCUT2D eigenvalue weighted by Gasteiger charge is 2.35. The lowest BCUT2D eigenvalue weighted by molar-refractivity contribution is 0.110. The van der Waals surface area contributed by atoms with E-state index in [9.17, 15) is 4.39 Å². The highest BCUT2D eigenvalue weighted by atomic mass is 19.1. The minimum atomic E-state index is -0.149. The largest absolute Gasteiger partial charge is 0.330 e. The Labute approximate surface area is 96.9 Å². The van der Waals surface area contributed by atoms with E-state index in [1.807, 2.05) is 12.1 Å². The van der Waals surface area contributed by atoms with E-state index in [4.69, 9.17) is 5.73 Å². The third kappa shape index (κ3) is 2.62. The summed E-state index contributed by atoms with van der Waals surface area (Å²) in [7, 11) is 0. The van der Waals surface area contributed by atoms with Crippen LogP contribution >= 0.6 is 0 Å². The van der Waals surface area contributed by atoms with Gasteiger partial charge in [0.1, 0.15) is 5.82 Å². The van der Waals surface area contributed by atoms with Crippen molar-refractivity contribution in [1.82, 2.24) is 0 Å². The summed E-state index contributed by atoms with van der Waals surface area (Å²) < 4.78 is 12.7. The number of nitrogens with two attached hydrogens (primary N) is 1. The molecule has 2 rings (SSSR count). The first-order chi connectivity index (χ1) is 7.74. The molecule has 0 radical (unpaired) electrons. The fraction of sp³-hybridized carbons (Fsp3) is 0.571. The average Bonchev–Trinajstić information content (AvgIpc) is 2.24. The first kappa shape index (κ1) is 11.6. The highest BCUT2D eigenvalue weighted by Crippen LogP contribution is 2.47. The molecule has 2 heteroatoms. The van der Waals surface area contributed by atoms with Crippen molar-refractivity contribution < 1.29 is 4.39 Å². The van der Waals surface area contributed by atoms with Crippen LogP contribution < -0.4 is 5.73 Å². The van der Waals surface area contributed by atoms with Crippen molar-refractivity contribution in [2.75, 3.05) is 6.54 Å². The number of aryl methyl sites for hydroxylation is 1. The van der Waals surface area contributed by atoms with Gasteiger partial charge in [-0.15, -0.1) is 0 Å². The summed E-state index contributed by atoms with van der Waals surface area (Å²) >= 11 is 0. The molecular formula is C14H20FN. The van der Waals surface area contributed by atoms with Crippen LogP contribution in [0.15, 0.2) is 24.3 Å². The summed E-state index contributed by atoms with van der Waals surface area (Å²) in [6.07, 6.45) is 7.41. The molecule has 1 aromatic carbocycles. The predicted molar refractivity (Wildman–Crippen MR) is 64.7 cm³/mol. The molecule has 88 valence electrons. The molecule has 0 aromatic heterocycles. The summed E-state index contributed by atoms with van der Waals surface area (Å²) in [5, 5.41) is 0. The van der Waals surface area contributed by atoms with E-state index < -0.39 is 0 Å². The van der Waals surface area contributed by atoms with Gasteiger partial charge in [-0.25, -0.2) is 4.39 Å². The molecule has 0 atom stereocenters. The van der Waals surface area contributed by atoms with E-state index >= 15 is 0 Å². The number of hydrogen-bond donors (Lipinski definition) is 1. The zero-order valence-electron chi connectivity index (χ0n) is 9.71. The van der Waals surface area contributed by atoms with Gasteiger partial charge < -0.3 is 5.73 Å². The van der Waals surface area contributed by atoms with Crippen molar-refractivity contribution in [3.05, 3.63) is 35.6 Å². The van der Waals surface area contributed by atoms with Gasteiger partial charge in [-0.2, -0.15) is 0 Å². The molecule has 1 aromatic rings. The zero-order valence-corrected chi connectivity index (χ0v) is 9.71. The molecule has 0 saturated heterocycles. The van der Waals surface area contributed by atoms with Crippen LogP contribution in [0.4, 0.5) is 4.39 Å². The van der Waals surface area contributed by atoms with Crippen LogP contribution in [0.2, 0.25) is 0 Å². The Bertz CT molecular complexity index is 327. The quantitative estimate of drug-likeness (QED) is 0.811. The Balaban J connectivity index is 1.88. The van der Waals surface area contributed by atoms with Crippen molar-refractivity contribution in [1.29, 1.82) is 0 Å². The Morgan fingerprint density at radius 1 is 1.12 bits per heavy atom. The topological polar surface area (TPSA) is 26.0 Å². The molecule has 1 nitrogen and oxygen atoms in total. The summed E-state index contributed by atoms with van der Waals surface area (Å²) in [6, 6.07) is 6.88. The first-order valence-electron chi connectivity index (χ1n) is 6.19. The van der Waals surface area contributed by atoms with Crippen LogP contribution in [0.1, 0.15) is 37.7 Å². The maximum atomic E-state index is 12.7. The molecule has 0 unspecified atom stereocenters. The smallest absolute Gasteiger partial charge is 0.123 e. The SMILES string of the molecule is NCCC1(CCc2ccc(F)cc2)CCC1. The van der Waals surface area contributed by atoms with Crippen molar-refractivity contribution in [3.8, 4) is 0 Å². The molecule has 1 saturated carbocycles. The van der Waals surface area contributed by atoms with Gasteiger partial charge >= 0.3 is 0 Å². The molecule has 16 heavy (non-hydrogen) atoms. The van der Waals surface area contributed by atoms with Gasteiger partial charge in [0.2, 0.25) is 0 Å². The van der Waals surface area contributed by atoms with Crippen LogP contribution in [0.5, 0.6) is 0 Å². The fourth-order valence-corrected chi connectivity index (χ4v) is 2.67.